The Balaban J connectivity index is 1.47. The molecule has 0 amide bonds. The van der Waals surface area contributed by atoms with Gasteiger partial charge in [0.25, 0.3) is 5.56 Å². The smallest absolute Gasteiger partial charge is 0.352 e. The minimum Gasteiger partial charge on any atom is -0.492 e. The third-order valence-electron chi connectivity index (χ3n) is 5.97. The first-order valence-electron chi connectivity index (χ1n) is 11.2. The van der Waals surface area contributed by atoms with Crippen LogP contribution in [0.5, 0.6) is 5.75 Å². The van der Waals surface area contributed by atoms with Gasteiger partial charge in [0.1, 0.15) is 18.2 Å². The fourth-order valence-electron chi connectivity index (χ4n) is 4.04. The van der Waals surface area contributed by atoms with Gasteiger partial charge in [-0.05, 0) is 55.4 Å². The highest BCUT2D eigenvalue weighted by molar-refractivity contribution is 5.61. The number of likely N-dealkylation sites (tertiary alicyclic amines) is 1. The number of ether oxygens (including phenoxy) is 1. The lowest BCUT2D eigenvalue weighted by molar-refractivity contribution is 0.236. The van der Waals surface area contributed by atoms with E-state index < -0.39 is 17.1 Å². The van der Waals surface area contributed by atoms with Crippen molar-refractivity contribution in [1.29, 1.82) is 0 Å². The third kappa shape index (κ3) is 4.68. The van der Waals surface area contributed by atoms with E-state index >= 15 is 0 Å². The van der Waals surface area contributed by atoms with Gasteiger partial charge in [0, 0.05) is 31.7 Å². The Hall–Kier alpha value is -3.96. The number of halogens is 1. The van der Waals surface area contributed by atoms with Crippen LogP contribution in [-0.2, 0) is 7.05 Å². The van der Waals surface area contributed by atoms with Crippen molar-refractivity contribution in [2.24, 2.45) is 12.8 Å². The number of hydrogen-bond donors (Lipinski definition) is 1. The molecule has 0 radical (unpaired) electrons. The van der Waals surface area contributed by atoms with Gasteiger partial charge in [0.15, 0.2) is 17.3 Å². The minimum absolute atomic E-state index is 0.0472. The van der Waals surface area contributed by atoms with Crippen molar-refractivity contribution >= 4 is 0 Å². The predicted octanol–water partition coefficient (Wildman–Crippen LogP) is 1.04. The Labute approximate surface area is 199 Å². The fourth-order valence-corrected chi connectivity index (χ4v) is 4.04. The first-order valence-corrected chi connectivity index (χ1v) is 11.2. The lowest BCUT2D eigenvalue weighted by Gasteiger charge is -2.16. The summed E-state index contributed by atoms with van der Waals surface area (Å²) in [5.74, 6) is 0.363. The first-order chi connectivity index (χ1) is 16.9. The normalized spacial score (nSPS) is 16.1. The highest BCUT2D eigenvalue weighted by Crippen LogP contribution is 2.24. The van der Waals surface area contributed by atoms with E-state index in [-0.39, 0.29) is 23.4 Å². The predicted molar refractivity (Wildman–Crippen MR) is 127 cm³/mol. The van der Waals surface area contributed by atoms with Crippen LogP contribution in [0.1, 0.15) is 6.42 Å². The van der Waals surface area contributed by atoms with Gasteiger partial charge < -0.3 is 10.5 Å². The molecule has 11 heteroatoms. The maximum atomic E-state index is 13.9. The van der Waals surface area contributed by atoms with Gasteiger partial charge in [-0.15, -0.1) is 5.10 Å². The van der Waals surface area contributed by atoms with Crippen LogP contribution in [0.2, 0.25) is 0 Å². The topological polar surface area (TPSA) is 121 Å². The molecule has 3 aliphatic heterocycles. The van der Waals surface area contributed by atoms with Crippen LogP contribution >= 0.6 is 0 Å². The summed E-state index contributed by atoms with van der Waals surface area (Å²) in [6.07, 6.45) is 1.00. The monoisotopic (exact) mass is 477 g/mol. The number of fused-ring (bicyclic) bond motifs is 1. The summed E-state index contributed by atoms with van der Waals surface area (Å²) in [6.45, 7) is 3.21. The summed E-state index contributed by atoms with van der Waals surface area (Å²) >= 11 is 0. The summed E-state index contributed by atoms with van der Waals surface area (Å²) < 4.78 is 21.9. The Morgan fingerprint density at radius 1 is 1.14 bits per heavy atom. The van der Waals surface area contributed by atoms with Crippen molar-refractivity contribution in [3.63, 3.8) is 0 Å². The molecule has 2 aromatic rings. The maximum Gasteiger partial charge on any atom is 0.352 e. The summed E-state index contributed by atoms with van der Waals surface area (Å²) in [5, 5.41) is 4.48. The molecule has 0 saturated carbocycles. The number of nitrogens with two attached hydrogens (primary N) is 1. The molecule has 180 valence electrons. The van der Waals surface area contributed by atoms with Crippen molar-refractivity contribution in [1.82, 2.24) is 29.2 Å². The van der Waals surface area contributed by atoms with Gasteiger partial charge in [-0.25, -0.2) is 18.9 Å². The molecule has 0 aliphatic carbocycles. The molecule has 1 fully saturated rings. The van der Waals surface area contributed by atoms with E-state index in [1.807, 2.05) is 0 Å². The van der Waals surface area contributed by atoms with Crippen molar-refractivity contribution in [3.8, 4) is 34.3 Å². The molecule has 0 bridgehead atoms. The molecule has 0 aromatic heterocycles. The van der Waals surface area contributed by atoms with Crippen LogP contribution in [0.3, 0.4) is 0 Å². The van der Waals surface area contributed by atoms with Gasteiger partial charge in [-0.2, -0.15) is 4.98 Å². The molecular formula is C24H24FN7O3. The molecule has 5 rings (SSSR count). The average Bonchev–Trinajstić information content (AvgIpc) is 3.27. The van der Waals surface area contributed by atoms with Crippen LogP contribution in [0, 0.1) is 5.82 Å². The quantitative estimate of drug-likeness (QED) is 0.437. The summed E-state index contributed by atoms with van der Waals surface area (Å²) in [7, 11) is 1.33. The highest BCUT2D eigenvalue weighted by atomic mass is 19.1. The van der Waals surface area contributed by atoms with Crippen LogP contribution in [-0.4, -0.2) is 61.5 Å². The highest BCUT2D eigenvalue weighted by Gasteiger charge is 2.22. The molecule has 1 atom stereocenters. The van der Waals surface area contributed by atoms with Crippen molar-refractivity contribution < 1.29 is 9.13 Å². The Kier molecular flexibility index (Phi) is 6.10. The van der Waals surface area contributed by atoms with E-state index in [4.69, 9.17) is 10.5 Å². The molecule has 1 unspecified atom stereocenters. The van der Waals surface area contributed by atoms with E-state index in [1.165, 1.54) is 29.9 Å². The molecule has 35 heavy (non-hydrogen) atoms. The molecular weight excluding hydrogens is 453 g/mol. The van der Waals surface area contributed by atoms with Crippen LogP contribution in [0.15, 0.2) is 58.1 Å². The van der Waals surface area contributed by atoms with Crippen LogP contribution in [0.25, 0.3) is 28.6 Å². The summed E-state index contributed by atoms with van der Waals surface area (Å²) in [5.41, 5.74) is 5.45. The second-order valence-corrected chi connectivity index (χ2v) is 8.48. The summed E-state index contributed by atoms with van der Waals surface area (Å²) in [6, 6.07) is 13.0. The van der Waals surface area contributed by atoms with E-state index in [0.29, 0.717) is 23.6 Å². The minimum atomic E-state index is -0.749. The van der Waals surface area contributed by atoms with Gasteiger partial charge in [0.2, 0.25) is 0 Å². The lowest BCUT2D eigenvalue weighted by Crippen LogP contribution is -2.37. The molecule has 2 aromatic carbocycles. The third-order valence-corrected chi connectivity index (χ3v) is 5.97. The van der Waals surface area contributed by atoms with Gasteiger partial charge >= 0.3 is 5.69 Å². The largest absolute Gasteiger partial charge is 0.492 e. The zero-order valence-corrected chi connectivity index (χ0v) is 19.1. The van der Waals surface area contributed by atoms with E-state index in [0.717, 1.165) is 30.6 Å². The van der Waals surface area contributed by atoms with Gasteiger partial charge in [-0.1, -0.05) is 6.07 Å². The van der Waals surface area contributed by atoms with E-state index in [9.17, 15) is 14.0 Å². The summed E-state index contributed by atoms with van der Waals surface area (Å²) in [4.78, 5) is 35.6. The zero-order valence-electron chi connectivity index (χ0n) is 19.1. The Morgan fingerprint density at radius 2 is 1.94 bits per heavy atom. The molecule has 3 aliphatic rings. The number of hydrogen-bond acceptors (Lipinski definition) is 8. The molecule has 2 N–H and O–H groups in total. The van der Waals surface area contributed by atoms with Gasteiger partial charge in [-0.3, -0.25) is 14.3 Å². The maximum absolute atomic E-state index is 13.9. The number of nitrogens with zero attached hydrogens (tertiary/aromatic N) is 6. The lowest BCUT2D eigenvalue weighted by atomic mass is 10.2. The van der Waals surface area contributed by atoms with E-state index in [2.05, 4.69) is 20.0 Å². The van der Waals surface area contributed by atoms with E-state index in [1.54, 1.807) is 30.3 Å². The second-order valence-electron chi connectivity index (χ2n) is 8.48. The Morgan fingerprint density at radius 3 is 2.66 bits per heavy atom. The Bertz CT molecular complexity index is 1450. The van der Waals surface area contributed by atoms with Crippen molar-refractivity contribution in [3.05, 3.63) is 75.2 Å². The standard InChI is InChI=1S/C24H24FN7O3/c1-30-23(33)20-22(28-24(30)34)32(18-4-2-3-16(25)13-18)29-21(27-20)15-5-7-19(8-6-15)35-12-11-31-10-9-17(26)14-31/h2-8,13,17H,9-12,14,26H2,1H3. The molecule has 3 heterocycles. The van der Waals surface area contributed by atoms with Crippen molar-refractivity contribution in [2.75, 3.05) is 26.2 Å². The van der Waals surface area contributed by atoms with Gasteiger partial charge in [0.05, 0.1) is 5.69 Å². The fraction of sp³-hybridized carbons (Fsp3) is 0.292. The SMILES string of the molecule is Cn1c(=O)nc2n(-c3cccc(F)c3)nc(-c3ccc(OCCN4CCC(N)C4)cc3)nc-2c1=O. The second kappa shape index (κ2) is 9.35. The molecule has 1 saturated heterocycles. The first kappa shape index (κ1) is 22.8. The molecule has 0 spiro atoms. The number of aromatic nitrogens is 5. The number of rotatable bonds is 6. The average molecular weight is 478 g/mol. The van der Waals surface area contributed by atoms with Crippen LogP contribution < -0.4 is 21.7 Å². The number of benzene rings is 2. The zero-order chi connectivity index (χ0) is 24.5. The van der Waals surface area contributed by atoms with Crippen molar-refractivity contribution in [2.45, 2.75) is 12.5 Å². The molecule has 10 nitrogen and oxygen atoms in total. The van der Waals surface area contributed by atoms with Crippen LogP contribution in [0.4, 0.5) is 4.39 Å².